The molecule has 0 aliphatic carbocycles. The number of hydrogen-bond acceptors (Lipinski definition) is 2. The zero-order chi connectivity index (χ0) is 18.5. The number of nitrogens with zero attached hydrogens (tertiary/aromatic N) is 1. The van der Waals surface area contributed by atoms with Crippen molar-refractivity contribution in [3.8, 4) is 0 Å². The summed E-state index contributed by atoms with van der Waals surface area (Å²) >= 11 is 3.45. The molecule has 0 spiro atoms. The number of piperidine rings is 1. The van der Waals surface area contributed by atoms with Crippen molar-refractivity contribution >= 4 is 38.6 Å². The Bertz CT molecular complexity index is 778. The summed E-state index contributed by atoms with van der Waals surface area (Å²) in [5.74, 6) is 0.183. The lowest BCUT2D eigenvalue weighted by Gasteiger charge is -2.31. The fourth-order valence-electron chi connectivity index (χ4n) is 3.46. The molecule has 1 saturated heterocycles. The second-order valence-electron chi connectivity index (χ2n) is 6.98. The summed E-state index contributed by atoms with van der Waals surface area (Å²) in [7, 11) is 0. The van der Waals surface area contributed by atoms with Gasteiger partial charge in [0.25, 0.3) is 5.91 Å². The number of fused-ring (bicyclic) bond motifs is 1. The van der Waals surface area contributed by atoms with E-state index in [2.05, 4.69) is 33.2 Å². The lowest BCUT2D eigenvalue weighted by molar-refractivity contribution is -0.126. The summed E-state index contributed by atoms with van der Waals surface area (Å²) in [4.78, 5) is 30.0. The smallest absolute Gasteiger partial charge is 0.270 e. The lowest BCUT2D eigenvalue weighted by Crippen LogP contribution is -2.43. The summed E-state index contributed by atoms with van der Waals surface area (Å²) in [6.07, 6.45) is 4.81. The van der Waals surface area contributed by atoms with Gasteiger partial charge < -0.3 is 15.2 Å². The summed E-state index contributed by atoms with van der Waals surface area (Å²) in [5.41, 5.74) is 1.56. The van der Waals surface area contributed by atoms with Gasteiger partial charge >= 0.3 is 0 Å². The van der Waals surface area contributed by atoms with Gasteiger partial charge in [-0.15, -0.1) is 0 Å². The van der Waals surface area contributed by atoms with Crippen LogP contribution in [0.1, 0.15) is 49.5 Å². The second-order valence-corrected chi connectivity index (χ2v) is 7.89. The Morgan fingerprint density at radius 1 is 1.23 bits per heavy atom. The zero-order valence-electron chi connectivity index (χ0n) is 15.2. The van der Waals surface area contributed by atoms with Crippen molar-refractivity contribution in [1.82, 2.24) is 15.2 Å². The van der Waals surface area contributed by atoms with E-state index >= 15 is 0 Å². The summed E-state index contributed by atoms with van der Waals surface area (Å²) in [6.45, 7) is 4.17. The molecule has 2 aromatic rings. The maximum atomic E-state index is 12.8. The van der Waals surface area contributed by atoms with E-state index in [-0.39, 0.29) is 17.7 Å². The van der Waals surface area contributed by atoms with Gasteiger partial charge in [-0.3, -0.25) is 9.59 Å². The summed E-state index contributed by atoms with van der Waals surface area (Å²) < 4.78 is 0.983. The van der Waals surface area contributed by atoms with Crippen molar-refractivity contribution in [2.45, 2.75) is 39.0 Å². The van der Waals surface area contributed by atoms with E-state index in [0.717, 1.165) is 54.0 Å². The van der Waals surface area contributed by atoms with Crippen LogP contribution in [-0.4, -0.2) is 41.3 Å². The molecule has 1 aliphatic rings. The van der Waals surface area contributed by atoms with Gasteiger partial charge in [0.1, 0.15) is 5.69 Å². The maximum absolute atomic E-state index is 12.8. The first-order valence-electron chi connectivity index (χ1n) is 9.43. The number of amides is 2. The first-order valence-corrected chi connectivity index (χ1v) is 10.2. The highest BCUT2D eigenvalue weighted by molar-refractivity contribution is 9.10. The Balaban J connectivity index is 1.53. The molecule has 0 atom stereocenters. The van der Waals surface area contributed by atoms with Crippen molar-refractivity contribution in [2.75, 3.05) is 19.6 Å². The second kappa shape index (κ2) is 8.71. The third-order valence-corrected chi connectivity index (χ3v) is 5.54. The van der Waals surface area contributed by atoms with Crippen LogP contribution in [-0.2, 0) is 4.79 Å². The molecule has 1 aromatic heterocycles. The third-order valence-electron chi connectivity index (χ3n) is 5.05. The fraction of sp³-hybridized carbons (Fsp3) is 0.500. The quantitative estimate of drug-likeness (QED) is 0.692. The predicted molar refractivity (Wildman–Crippen MR) is 107 cm³/mol. The van der Waals surface area contributed by atoms with Crippen LogP contribution in [0, 0.1) is 5.92 Å². The van der Waals surface area contributed by atoms with E-state index in [1.165, 1.54) is 0 Å². The molecule has 0 unspecified atom stereocenters. The van der Waals surface area contributed by atoms with E-state index in [1.54, 1.807) is 0 Å². The van der Waals surface area contributed by atoms with Gasteiger partial charge in [-0.1, -0.05) is 41.8 Å². The van der Waals surface area contributed by atoms with E-state index in [1.807, 2.05) is 29.2 Å². The molecule has 2 N–H and O–H groups in total. The third kappa shape index (κ3) is 4.47. The van der Waals surface area contributed by atoms with E-state index < -0.39 is 0 Å². The number of carbonyl (C=O) groups is 2. The number of likely N-dealkylation sites (tertiary alicyclic amines) is 1. The molecule has 0 radical (unpaired) electrons. The van der Waals surface area contributed by atoms with Crippen LogP contribution in [0.5, 0.6) is 0 Å². The first kappa shape index (κ1) is 19.0. The molecule has 1 fully saturated rings. The largest absolute Gasteiger partial charge is 0.356 e. The molecule has 1 aliphatic heterocycles. The van der Waals surface area contributed by atoms with Crippen LogP contribution >= 0.6 is 15.9 Å². The zero-order valence-corrected chi connectivity index (χ0v) is 16.8. The minimum absolute atomic E-state index is 0.0131. The van der Waals surface area contributed by atoms with Crippen LogP contribution in [0.3, 0.4) is 0 Å². The van der Waals surface area contributed by atoms with Crippen LogP contribution < -0.4 is 5.32 Å². The van der Waals surface area contributed by atoms with Crippen LogP contribution in [0.25, 0.3) is 10.9 Å². The van der Waals surface area contributed by atoms with Crippen molar-refractivity contribution in [2.24, 2.45) is 5.92 Å². The van der Waals surface area contributed by atoms with Crippen molar-refractivity contribution in [1.29, 1.82) is 0 Å². The molecule has 2 heterocycles. The Kier molecular flexibility index (Phi) is 6.35. The van der Waals surface area contributed by atoms with Gasteiger partial charge in [0.05, 0.1) is 0 Å². The van der Waals surface area contributed by atoms with Crippen LogP contribution in [0.2, 0.25) is 0 Å². The molecule has 1 aromatic carbocycles. The molecular formula is C20H26BrN3O2. The van der Waals surface area contributed by atoms with Crippen molar-refractivity contribution in [3.63, 3.8) is 0 Å². The van der Waals surface area contributed by atoms with E-state index in [0.29, 0.717) is 18.8 Å². The molecule has 26 heavy (non-hydrogen) atoms. The Morgan fingerprint density at radius 3 is 2.73 bits per heavy atom. The SMILES string of the molecule is CCCCCNC(=O)C1CCN(C(=O)c2cc3ccc(Br)cc3[nH]2)CC1. The summed E-state index contributed by atoms with van der Waals surface area (Å²) in [6, 6.07) is 7.83. The monoisotopic (exact) mass is 419 g/mol. The topological polar surface area (TPSA) is 65.2 Å². The van der Waals surface area contributed by atoms with Gasteiger partial charge in [0, 0.05) is 40.9 Å². The number of rotatable bonds is 6. The molecule has 2 amide bonds. The molecule has 3 rings (SSSR count). The number of carbonyl (C=O) groups excluding carboxylic acids is 2. The van der Waals surface area contributed by atoms with Crippen molar-refractivity contribution in [3.05, 3.63) is 34.4 Å². The van der Waals surface area contributed by atoms with Gasteiger partial charge in [-0.05, 0) is 37.5 Å². The lowest BCUT2D eigenvalue weighted by atomic mass is 9.95. The number of unbranched alkanes of at least 4 members (excludes halogenated alkanes) is 2. The molecule has 0 bridgehead atoms. The number of benzene rings is 1. The fourth-order valence-corrected chi connectivity index (χ4v) is 3.82. The van der Waals surface area contributed by atoms with Gasteiger partial charge in [-0.2, -0.15) is 0 Å². The number of halogens is 1. The van der Waals surface area contributed by atoms with Crippen LogP contribution in [0.15, 0.2) is 28.7 Å². The molecule has 0 saturated carbocycles. The number of aromatic amines is 1. The molecular weight excluding hydrogens is 394 g/mol. The first-order chi connectivity index (χ1) is 12.6. The normalized spacial score (nSPS) is 15.4. The highest BCUT2D eigenvalue weighted by Gasteiger charge is 2.28. The standard InChI is InChI=1S/C20H26BrN3O2/c1-2-3-4-9-22-19(25)14-7-10-24(11-8-14)20(26)18-12-15-5-6-16(21)13-17(15)23-18/h5-6,12-14,23H,2-4,7-11H2,1H3,(H,22,25). The summed E-state index contributed by atoms with van der Waals surface area (Å²) in [5, 5.41) is 4.06. The number of aromatic nitrogens is 1. The van der Waals surface area contributed by atoms with Crippen LogP contribution in [0.4, 0.5) is 0 Å². The van der Waals surface area contributed by atoms with E-state index in [9.17, 15) is 9.59 Å². The minimum atomic E-state index is 0.0131. The Labute approximate surface area is 162 Å². The highest BCUT2D eigenvalue weighted by Crippen LogP contribution is 2.23. The van der Waals surface area contributed by atoms with Crippen molar-refractivity contribution < 1.29 is 9.59 Å². The maximum Gasteiger partial charge on any atom is 0.270 e. The average Bonchev–Trinajstić information content (AvgIpc) is 3.07. The number of hydrogen-bond donors (Lipinski definition) is 2. The predicted octanol–water partition coefficient (Wildman–Crippen LogP) is 4.09. The average molecular weight is 420 g/mol. The number of H-pyrrole nitrogens is 1. The highest BCUT2D eigenvalue weighted by atomic mass is 79.9. The Hall–Kier alpha value is -1.82. The number of nitrogens with one attached hydrogen (secondary N) is 2. The molecule has 6 heteroatoms. The van der Waals surface area contributed by atoms with E-state index in [4.69, 9.17) is 0 Å². The molecule has 5 nitrogen and oxygen atoms in total. The van der Waals surface area contributed by atoms with Gasteiger partial charge in [0.2, 0.25) is 5.91 Å². The molecule has 140 valence electrons. The Morgan fingerprint density at radius 2 is 2.00 bits per heavy atom. The minimum Gasteiger partial charge on any atom is -0.356 e. The van der Waals surface area contributed by atoms with Gasteiger partial charge in [0.15, 0.2) is 0 Å². The van der Waals surface area contributed by atoms with Gasteiger partial charge in [-0.25, -0.2) is 0 Å².